The smallest absolute Gasteiger partial charge is 0.253 e. The Balaban J connectivity index is 1.33. The van der Waals surface area contributed by atoms with Gasteiger partial charge in [-0.25, -0.2) is 4.98 Å². The second-order valence-corrected chi connectivity index (χ2v) is 10.2. The van der Waals surface area contributed by atoms with Gasteiger partial charge in [-0.1, -0.05) is 24.6 Å². The van der Waals surface area contributed by atoms with Crippen molar-refractivity contribution in [2.75, 3.05) is 13.1 Å². The van der Waals surface area contributed by atoms with Crippen LogP contribution >= 0.6 is 22.9 Å². The molecule has 3 heterocycles. The molecule has 1 aliphatic heterocycles. The van der Waals surface area contributed by atoms with E-state index in [1.54, 1.807) is 17.5 Å². The summed E-state index contributed by atoms with van der Waals surface area (Å²) < 4.78 is 5.95. The molecule has 5 rings (SSSR count). The number of amides is 1. The van der Waals surface area contributed by atoms with Gasteiger partial charge in [0.05, 0.1) is 5.02 Å². The summed E-state index contributed by atoms with van der Waals surface area (Å²) in [5.41, 5.74) is 3.81. The number of hydrogen-bond acceptors (Lipinski definition) is 4. The second-order valence-electron chi connectivity index (χ2n) is 8.92. The Kier molecular flexibility index (Phi) is 6.20. The zero-order valence-electron chi connectivity index (χ0n) is 18.2. The minimum absolute atomic E-state index is 0.0768. The summed E-state index contributed by atoms with van der Waals surface area (Å²) in [7, 11) is 0. The van der Waals surface area contributed by atoms with Crippen molar-refractivity contribution in [3.8, 4) is 27.4 Å². The number of carbonyl (C=O) groups excluding carboxylic acids is 1. The van der Waals surface area contributed by atoms with Crippen LogP contribution in [0.5, 0.6) is 5.88 Å². The monoisotopic (exact) mass is 466 g/mol. The van der Waals surface area contributed by atoms with Gasteiger partial charge in [0.15, 0.2) is 0 Å². The SMILES string of the molecule is CC1CCN(C(=O)c2ccc(-c3cc(-c4ccnc(OC5CCC5)c4)cs3)c(Cl)c2)CC1. The first-order valence-electron chi connectivity index (χ1n) is 11.4. The minimum Gasteiger partial charge on any atom is -0.474 e. The van der Waals surface area contributed by atoms with E-state index in [4.69, 9.17) is 16.3 Å². The van der Waals surface area contributed by atoms with Crippen molar-refractivity contribution >= 4 is 28.8 Å². The van der Waals surface area contributed by atoms with Gasteiger partial charge in [0, 0.05) is 41.4 Å². The maximum absolute atomic E-state index is 12.9. The van der Waals surface area contributed by atoms with Crippen LogP contribution in [0.1, 0.15) is 49.4 Å². The second kappa shape index (κ2) is 9.24. The highest BCUT2D eigenvalue weighted by atomic mass is 35.5. The van der Waals surface area contributed by atoms with Crippen molar-refractivity contribution in [3.05, 3.63) is 58.6 Å². The van der Waals surface area contributed by atoms with Gasteiger partial charge in [-0.2, -0.15) is 0 Å². The van der Waals surface area contributed by atoms with Gasteiger partial charge in [0.1, 0.15) is 6.10 Å². The summed E-state index contributed by atoms with van der Waals surface area (Å²) in [6, 6.07) is 11.8. The highest BCUT2D eigenvalue weighted by molar-refractivity contribution is 7.14. The number of hydrogen-bond donors (Lipinski definition) is 0. The lowest BCUT2D eigenvalue weighted by Crippen LogP contribution is -2.37. The van der Waals surface area contributed by atoms with Crippen LogP contribution in [0.25, 0.3) is 21.6 Å². The van der Waals surface area contributed by atoms with Crippen LogP contribution < -0.4 is 4.74 Å². The van der Waals surface area contributed by atoms with Gasteiger partial charge in [-0.05, 0) is 78.8 Å². The Hall–Kier alpha value is -2.37. The Labute approximate surface area is 198 Å². The Morgan fingerprint density at radius 3 is 2.62 bits per heavy atom. The maximum Gasteiger partial charge on any atom is 0.253 e. The van der Waals surface area contributed by atoms with Crippen molar-refractivity contribution in [2.45, 2.75) is 45.1 Å². The van der Waals surface area contributed by atoms with Crippen molar-refractivity contribution in [3.63, 3.8) is 0 Å². The van der Waals surface area contributed by atoms with Gasteiger partial charge < -0.3 is 9.64 Å². The topological polar surface area (TPSA) is 42.4 Å². The Bertz CT molecular complexity index is 1120. The molecule has 0 radical (unpaired) electrons. The van der Waals surface area contributed by atoms with E-state index < -0.39 is 0 Å². The number of carbonyl (C=O) groups is 1. The number of likely N-dealkylation sites (tertiary alicyclic amines) is 1. The van der Waals surface area contributed by atoms with E-state index in [2.05, 4.69) is 23.4 Å². The fraction of sp³-hybridized carbons (Fsp3) is 0.385. The molecule has 0 unspecified atom stereocenters. The van der Waals surface area contributed by atoms with Crippen molar-refractivity contribution < 1.29 is 9.53 Å². The lowest BCUT2D eigenvalue weighted by Gasteiger charge is -2.30. The van der Waals surface area contributed by atoms with E-state index >= 15 is 0 Å². The quantitative estimate of drug-likeness (QED) is 0.409. The summed E-state index contributed by atoms with van der Waals surface area (Å²) in [5.74, 6) is 1.46. The number of aromatic nitrogens is 1. The number of piperidine rings is 1. The molecule has 1 aromatic carbocycles. The molecule has 2 aromatic heterocycles. The zero-order chi connectivity index (χ0) is 22.1. The molecule has 0 bridgehead atoms. The molecule has 1 aliphatic carbocycles. The number of ether oxygens (including phenoxy) is 1. The molecule has 0 atom stereocenters. The summed E-state index contributed by atoms with van der Waals surface area (Å²) in [4.78, 5) is 20.3. The summed E-state index contributed by atoms with van der Waals surface area (Å²) >= 11 is 8.28. The molecule has 166 valence electrons. The van der Waals surface area contributed by atoms with Gasteiger partial charge >= 0.3 is 0 Å². The highest BCUT2D eigenvalue weighted by Crippen LogP contribution is 2.37. The van der Waals surface area contributed by atoms with Crippen molar-refractivity contribution in [1.82, 2.24) is 9.88 Å². The molecular weight excluding hydrogens is 440 g/mol. The van der Waals surface area contributed by atoms with E-state index in [0.29, 0.717) is 28.5 Å². The molecule has 0 N–H and O–H groups in total. The molecule has 2 fully saturated rings. The fourth-order valence-electron chi connectivity index (χ4n) is 4.18. The number of benzene rings is 1. The van der Waals surface area contributed by atoms with Crippen LogP contribution in [0.15, 0.2) is 48.0 Å². The first-order chi connectivity index (χ1) is 15.6. The molecule has 3 aromatic rings. The zero-order valence-corrected chi connectivity index (χ0v) is 19.8. The molecule has 0 spiro atoms. The fourth-order valence-corrected chi connectivity index (χ4v) is 5.48. The van der Waals surface area contributed by atoms with Gasteiger partial charge in [0.2, 0.25) is 5.88 Å². The largest absolute Gasteiger partial charge is 0.474 e. The third-order valence-corrected chi connectivity index (χ3v) is 7.84. The van der Waals surface area contributed by atoms with E-state index in [1.165, 1.54) is 6.42 Å². The molecule has 4 nitrogen and oxygen atoms in total. The third kappa shape index (κ3) is 4.55. The molecular formula is C26H27ClN2O2S. The summed E-state index contributed by atoms with van der Waals surface area (Å²) in [6.07, 6.45) is 7.71. The molecule has 1 saturated heterocycles. The van der Waals surface area contributed by atoms with Crippen LogP contribution in [0.3, 0.4) is 0 Å². The molecule has 32 heavy (non-hydrogen) atoms. The molecule has 6 heteroatoms. The minimum atomic E-state index is 0.0768. The number of thiophene rings is 1. The average molecular weight is 467 g/mol. The van der Waals surface area contributed by atoms with E-state index in [9.17, 15) is 4.79 Å². The van der Waals surface area contributed by atoms with Gasteiger partial charge in [0.25, 0.3) is 5.91 Å². The maximum atomic E-state index is 12.9. The Morgan fingerprint density at radius 2 is 1.91 bits per heavy atom. The normalized spacial score (nSPS) is 17.2. The summed E-state index contributed by atoms with van der Waals surface area (Å²) in [5, 5.41) is 2.74. The highest BCUT2D eigenvalue weighted by Gasteiger charge is 2.22. The lowest BCUT2D eigenvalue weighted by molar-refractivity contribution is 0.0697. The van der Waals surface area contributed by atoms with Gasteiger partial charge in [-0.3, -0.25) is 4.79 Å². The van der Waals surface area contributed by atoms with Gasteiger partial charge in [-0.15, -0.1) is 11.3 Å². The standard InChI is InChI=1S/C26H27ClN2O2S/c1-17-8-11-29(12-9-17)26(30)19-5-6-22(23(27)13-19)24-14-20(16-32-24)18-7-10-28-25(15-18)31-21-3-2-4-21/h5-7,10,13-17,21H,2-4,8-9,11-12H2,1H3. The van der Waals surface area contributed by atoms with Crippen LogP contribution in [-0.2, 0) is 0 Å². The third-order valence-electron chi connectivity index (χ3n) is 6.56. The van der Waals surface area contributed by atoms with E-state index in [-0.39, 0.29) is 5.91 Å². The van der Waals surface area contributed by atoms with Crippen LogP contribution in [0, 0.1) is 5.92 Å². The van der Waals surface area contributed by atoms with Crippen LogP contribution in [0.2, 0.25) is 5.02 Å². The first kappa shape index (κ1) is 21.5. The van der Waals surface area contributed by atoms with E-state index in [1.807, 2.05) is 35.2 Å². The number of nitrogens with zero attached hydrogens (tertiary/aromatic N) is 2. The van der Waals surface area contributed by atoms with E-state index in [0.717, 1.165) is 60.3 Å². The van der Waals surface area contributed by atoms with Crippen LogP contribution in [-0.4, -0.2) is 35.0 Å². The van der Waals surface area contributed by atoms with Crippen LogP contribution in [0.4, 0.5) is 0 Å². The molecule has 1 amide bonds. The molecule has 1 saturated carbocycles. The average Bonchev–Trinajstić information content (AvgIpc) is 3.26. The number of rotatable bonds is 5. The summed E-state index contributed by atoms with van der Waals surface area (Å²) in [6.45, 7) is 3.90. The van der Waals surface area contributed by atoms with Crippen molar-refractivity contribution in [2.24, 2.45) is 5.92 Å². The van der Waals surface area contributed by atoms with Crippen molar-refractivity contribution in [1.29, 1.82) is 0 Å². The predicted molar refractivity (Wildman–Crippen MR) is 131 cm³/mol. The first-order valence-corrected chi connectivity index (χ1v) is 12.6. The molecule has 2 aliphatic rings. The predicted octanol–water partition coefficient (Wildman–Crippen LogP) is 6.93. The lowest BCUT2D eigenvalue weighted by atomic mass is 9.96. The number of halogens is 1. The number of pyridine rings is 1. The Morgan fingerprint density at radius 1 is 1.09 bits per heavy atom.